The van der Waals surface area contributed by atoms with Crippen LogP contribution in [0.4, 0.5) is 28.7 Å². The van der Waals surface area contributed by atoms with Crippen molar-refractivity contribution in [2.45, 2.75) is 20.8 Å². The van der Waals surface area contributed by atoms with Gasteiger partial charge in [-0.25, -0.2) is 9.97 Å². The number of anilines is 4. The maximum absolute atomic E-state index is 11.9. The number of hydrogen-bond acceptors (Lipinski definition) is 6. The molecule has 0 aliphatic rings. The van der Waals surface area contributed by atoms with Gasteiger partial charge in [0.25, 0.3) is 0 Å². The molecule has 0 atom stereocenters. The smallest absolute Gasteiger partial charge is 0.334 e. The Bertz CT molecular complexity index is 998. The van der Waals surface area contributed by atoms with Gasteiger partial charge in [0.1, 0.15) is 5.82 Å². The zero-order valence-electron chi connectivity index (χ0n) is 15.4. The summed E-state index contributed by atoms with van der Waals surface area (Å²) < 4.78 is 2.18. The lowest BCUT2D eigenvalue weighted by Crippen LogP contribution is -2.08. The van der Waals surface area contributed by atoms with Crippen LogP contribution in [0.2, 0.25) is 0 Å². The third-order valence-corrected chi connectivity index (χ3v) is 5.40. The van der Waals surface area contributed by atoms with E-state index in [1.807, 2.05) is 50.2 Å². The Kier molecular flexibility index (Phi) is 6.33. The summed E-state index contributed by atoms with van der Waals surface area (Å²) in [7, 11) is 0. The largest absolute Gasteiger partial charge is 0.353 e. The third kappa shape index (κ3) is 4.69. The Labute approximate surface area is 189 Å². The summed E-state index contributed by atoms with van der Waals surface area (Å²) in [4.78, 5) is 20.0. The summed E-state index contributed by atoms with van der Waals surface area (Å²) >= 11 is 4.45. The van der Waals surface area contributed by atoms with E-state index in [4.69, 9.17) is 0 Å². The molecule has 0 radical (unpaired) electrons. The van der Waals surface area contributed by atoms with Gasteiger partial charge in [-0.15, -0.1) is 0 Å². The van der Waals surface area contributed by atoms with Gasteiger partial charge in [0.2, 0.25) is 11.6 Å². The molecule has 9 heteroatoms. The molecule has 0 saturated heterocycles. The van der Waals surface area contributed by atoms with E-state index in [-0.39, 0.29) is 17.3 Å². The standard InChI is InChI=1S/C19H17I2N5O2/c1-10-8-13(20)4-6-15(10)24-18-17(26(27)28)19(23-12(3)22-18)25-16-7-5-14(21)9-11(16)2/h4-9H,1-3H3,(H2,22,23,24,25). The van der Waals surface area contributed by atoms with Crippen LogP contribution < -0.4 is 10.6 Å². The Morgan fingerprint density at radius 2 is 1.29 bits per heavy atom. The number of nitrogens with zero attached hydrogens (tertiary/aromatic N) is 3. The molecule has 0 unspecified atom stereocenters. The van der Waals surface area contributed by atoms with Gasteiger partial charge in [-0.05, 0) is 113 Å². The van der Waals surface area contributed by atoms with E-state index in [9.17, 15) is 10.1 Å². The van der Waals surface area contributed by atoms with Crippen LogP contribution in [0, 0.1) is 38.0 Å². The molecule has 28 heavy (non-hydrogen) atoms. The zero-order chi connectivity index (χ0) is 20.4. The van der Waals surface area contributed by atoms with Crippen molar-refractivity contribution >= 4 is 73.9 Å². The highest BCUT2D eigenvalue weighted by molar-refractivity contribution is 14.1. The van der Waals surface area contributed by atoms with Crippen LogP contribution in [-0.2, 0) is 0 Å². The first-order valence-corrected chi connectivity index (χ1v) is 10.5. The molecule has 0 spiro atoms. The molecule has 3 aromatic rings. The Hall–Kier alpha value is -2.02. The second kappa shape index (κ2) is 8.55. The first-order valence-electron chi connectivity index (χ1n) is 8.34. The van der Waals surface area contributed by atoms with Gasteiger partial charge in [0.15, 0.2) is 0 Å². The van der Waals surface area contributed by atoms with E-state index >= 15 is 0 Å². The van der Waals surface area contributed by atoms with Crippen LogP contribution >= 0.6 is 45.2 Å². The molecule has 2 N–H and O–H groups in total. The predicted octanol–water partition coefficient (Wildman–Crippen LogP) is 6.01. The Morgan fingerprint density at radius 3 is 1.64 bits per heavy atom. The van der Waals surface area contributed by atoms with Gasteiger partial charge >= 0.3 is 5.69 Å². The van der Waals surface area contributed by atoms with Crippen molar-refractivity contribution in [3.8, 4) is 0 Å². The molecule has 0 fully saturated rings. The fraction of sp³-hybridized carbons (Fsp3) is 0.158. The SMILES string of the molecule is Cc1nc(Nc2ccc(I)cc2C)c([N+](=O)[O-])c(Nc2ccc(I)cc2C)n1. The molecule has 0 saturated carbocycles. The zero-order valence-corrected chi connectivity index (χ0v) is 19.7. The molecular weight excluding hydrogens is 584 g/mol. The molecule has 1 aromatic heterocycles. The molecule has 0 amide bonds. The van der Waals surface area contributed by atoms with Crippen LogP contribution in [0.3, 0.4) is 0 Å². The van der Waals surface area contributed by atoms with E-state index in [2.05, 4.69) is 65.8 Å². The lowest BCUT2D eigenvalue weighted by molar-refractivity contribution is -0.383. The van der Waals surface area contributed by atoms with Gasteiger partial charge in [0, 0.05) is 18.5 Å². The van der Waals surface area contributed by atoms with Gasteiger partial charge in [-0.2, -0.15) is 0 Å². The first-order chi connectivity index (χ1) is 13.2. The average Bonchev–Trinajstić information content (AvgIpc) is 2.59. The van der Waals surface area contributed by atoms with Crippen molar-refractivity contribution in [3.63, 3.8) is 0 Å². The fourth-order valence-electron chi connectivity index (χ4n) is 2.70. The lowest BCUT2D eigenvalue weighted by atomic mass is 10.2. The number of nitrogens with one attached hydrogen (secondary N) is 2. The fourth-order valence-corrected chi connectivity index (χ4v) is 4.00. The van der Waals surface area contributed by atoms with Crippen LogP contribution in [0.25, 0.3) is 0 Å². The minimum Gasteiger partial charge on any atom is -0.334 e. The third-order valence-electron chi connectivity index (χ3n) is 4.06. The normalized spacial score (nSPS) is 10.6. The molecule has 3 rings (SSSR count). The summed E-state index contributed by atoms with van der Waals surface area (Å²) in [6, 6.07) is 11.6. The molecular formula is C19H17I2N5O2. The van der Waals surface area contributed by atoms with E-state index in [0.29, 0.717) is 5.82 Å². The molecule has 7 nitrogen and oxygen atoms in total. The summed E-state index contributed by atoms with van der Waals surface area (Å²) in [6.45, 7) is 5.60. The Balaban J connectivity index is 2.07. The maximum atomic E-state index is 11.9. The van der Waals surface area contributed by atoms with Crippen molar-refractivity contribution < 1.29 is 4.92 Å². The molecule has 144 valence electrons. The summed E-state index contributed by atoms with van der Waals surface area (Å²) in [5.74, 6) is 0.752. The monoisotopic (exact) mass is 601 g/mol. The highest BCUT2D eigenvalue weighted by atomic mass is 127. The average molecular weight is 601 g/mol. The number of hydrogen-bond donors (Lipinski definition) is 2. The van der Waals surface area contributed by atoms with Crippen molar-refractivity contribution in [1.82, 2.24) is 9.97 Å². The van der Waals surface area contributed by atoms with Crippen LogP contribution in [0.15, 0.2) is 36.4 Å². The number of rotatable bonds is 5. The Morgan fingerprint density at radius 1 is 0.857 bits per heavy atom. The number of nitro groups is 1. The van der Waals surface area contributed by atoms with Gasteiger partial charge in [0.05, 0.1) is 4.92 Å². The van der Waals surface area contributed by atoms with E-state index in [1.165, 1.54) is 0 Å². The summed E-state index contributed by atoms with van der Waals surface area (Å²) in [5, 5.41) is 18.1. The number of benzene rings is 2. The minimum absolute atomic E-state index is 0.160. The van der Waals surface area contributed by atoms with Gasteiger partial charge in [-0.1, -0.05) is 0 Å². The lowest BCUT2D eigenvalue weighted by Gasteiger charge is -2.14. The molecule has 0 aliphatic heterocycles. The van der Waals surface area contributed by atoms with Crippen LogP contribution in [-0.4, -0.2) is 14.9 Å². The second-order valence-electron chi connectivity index (χ2n) is 6.24. The maximum Gasteiger partial charge on any atom is 0.353 e. The molecule has 1 heterocycles. The number of halogens is 2. The molecule has 2 aromatic carbocycles. The number of aromatic nitrogens is 2. The van der Waals surface area contributed by atoms with Crippen molar-refractivity contribution in [2.75, 3.05) is 10.6 Å². The van der Waals surface area contributed by atoms with Gasteiger partial charge in [-0.3, -0.25) is 10.1 Å². The predicted molar refractivity (Wildman–Crippen MR) is 128 cm³/mol. The topological polar surface area (TPSA) is 93.0 Å². The van der Waals surface area contributed by atoms with Crippen LogP contribution in [0.5, 0.6) is 0 Å². The highest BCUT2D eigenvalue weighted by Gasteiger charge is 2.25. The highest BCUT2D eigenvalue weighted by Crippen LogP contribution is 2.35. The van der Waals surface area contributed by atoms with Crippen molar-refractivity contribution in [2.24, 2.45) is 0 Å². The first kappa shape index (κ1) is 20.7. The van der Waals surface area contributed by atoms with E-state index < -0.39 is 4.92 Å². The van der Waals surface area contributed by atoms with E-state index in [1.54, 1.807) is 6.92 Å². The van der Waals surface area contributed by atoms with E-state index in [0.717, 1.165) is 29.6 Å². The quantitative estimate of drug-likeness (QED) is 0.212. The minimum atomic E-state index is -0.464. The molecule has 0 aliphatic carbocycles. The van der Waals surface area contributed by atoms with Crippen molar-refractivity contribution in [1.29, 1.82) is 0 Å². The molecule has 0 bridgehead atoms. The summed E-state index contributed by atoms with van der Waals surface area (Å²) in [5.41, 5.74) is 3.28. The van der Waals surface area contributed by atoms with Crippen molar-refractivity contribution in [3.05, 3.63) is 70.6 Å². The number of aryl methyl sites for hydroxylation is 3. The summed E-state index contributed by atoms with van der Waals surface area (Å²) in [6.07, 6.45) is 0. The van der Waals surface area contributed by atoms with Crippen LogP contribution in [0.1, 0.15) is 17.0 Å². The van der Waals surface area contributed by atoms with Gasteiger partial charge < -0.3 is 10.6 Å². The second-order valence-corrected chi connectivity index (χ2v) is 8.73.